The first-order valence-corrected chi connectivity index (χ1v) is 9.39. The Balaban J connectivity index is 1.34. The molecule has 0 spiro atoms. The average Bonchev–Trinajstić information content (AvgIpc) is 3.21. The number of nitrogens with zero attached hydrogens (tertiary/aromatic N) is 1. The van der Waals surface area contributed by atoms with Crippen molar-refractivity contribution in [2.75, 3.05) is 6.79 Å². The summed E-state index contributed by atoms with van der Waals surface area (Å²) < 4.78 is 12.6. The molecule has 0 saturated carbocycles. The lowest BCUT2D eigenvalue weighted by Crippen LogP contribution is -2.46. The highest BCUT2D eigenvalue weighted by atomic mass is 16.7. The number of fused-ring (bicyclic) bond motifs is 1. The van der Waals surface area contributed by atoms with Crippen LogP contribution in [0.15, 0.2) is 73.1 Å². The molecule has 5 heteroatoms. The van der Waals surface area contributed by atoms with Crippen LogP contribution in [0.25, 0.3) is 0 Å². The molecule has 1 aliphatic rings. The van der Waals surface area contributed by atoms with Gasteiger partial charge in [0, 0.05) is 25.6 Å². The topological polar surface area (TPSA) is 51.4 Å². The second kappa shape index (κ2) is 8.13. The van der Waals surface area contributed by atoms with Crippen LogP contribution < -0.4 is 19.4 Å². The third-order valence-corrected chi connectivity index (χ3v) is 4.90. The van der Waals surface area contributed by atoms with Gasteiger partial charge in [-0.3, -0.25) is 4.79 Å². The third kappa shape index (κ3) is 4.14. The first kappa shape index (κ1) is 18.0. The molecule has 1 aromatic heterocycles. The smallest absolute Gasteiger partial charge is 0.289 e. The van der Waals surface area contributed by atoms with Crippen molar-refractivity contribution in [3.05, 3.63) is 89.7 Å². The van der Waals surface area contributed by atoms with Gasteiger partial charge in [-0.05, 0) is 35.2 Å². The molecule has 0 aliphatic carbocycles. The van der Waals surface area contributed by atoms with Gasteiger partial charge in [0.2, 0.25) is 12.8 Å². The normalized spacial score (nSPS) is 13.2. The molecule has 0 unspecified atom stereocenters. The lowest BCUT2D eigenvalue weighted by atomic mass is 10.1. The van der Waals surface area contributed by atoms with Gasteiger partial charge in [-0.25, -0.2) is 0 Å². The number of rotatable bonds is 6. The Morgan fingerprint density at radius 3 is 2.46 bits per heavy atom. The second-order valence-electron chi connectivity index (χ2n) is 6.90. The van der Waals surface area contributed by atoms with E-state index in [2.05, 4.69) is 29.6 Å². The van der Waals surface area contributed by atoms with Crippen molar-refractivity contribution in [1.29, 1.82) is 0 Å². The summed E-state index contributed by atoms with van der Waals surface area (Å²) in [5.41, 5.74) is 3.47. The van der Waals surface area contributed by atoms with E-state index in [-0.39, 0.29) is 18.7 Å². The highest BCUT2D eigenvalue weighted by Crippen LogP contribution is 2.32. The number of carbonyl (C=O) groups is 1. The van der Waals surface area contributed by atoms with Crippen molar-refractivity contribution in [2.45, 2.75) is 25.9 Å². The Morgan fingerprint density at radius 1 is 0.964 bits per heavy atom. The van der Waals surface area contributed by atoms with E-state index in [0.29, 0.717) is 6.54 Å². The molecule has 2 aromatic carbocycles. The van der Waals surface area contributed by atoms with Crippen LogP contribution in [-0.2, 0) is 17.8 Å². The van der Waals surface area contributed by atoms with Crippen molar-refractivity contribution in [1.82, 2.24) is 5.32 Å². The van der Waals surface area contributed by atoms with E-state index >= 15 is 0 Å². The number of ether oxygens (including phenoxy) is 2. The Kier molecular flexibility index (Phi) is 5.24. The van der Waals surface area contributed by atoms with Gasteiger partial charge < -0.3 is 14.8 Å². The molecule has 4 rings (SSSR count). The quantitative estimate of drug-likeness (QED) is 0.674. The SMILES string of the molecule is C[C@H](C(=O)NCc1ccc2c(c1)OCO2)[n+]1ccc(Cc2ccccc2)cc1. The minimum Gasteiger partial charge on any atom is -0.454 e. The number of hydrogen-bond donors (Lipinski definition) is 1. The van der Waals surface area contributed by atoms with E-state index in [4.69, 9.17) is 9.47 Å². The van der Waals surface area contributed by atoms with E-state index < -0.39 is 0 Å². The molecule has 2 heterocycles. The molecule has 1 atom stereocenters. The molecule has 28 heavy (non-hydrogen) atoms. The Hall–Kier alpha value is -3.34. The second-order valence-corrected chi connectivity index (χ2v) is 6.90. The Labute approximate surface area is 164 Å². The van der Waals surface area contributed by atoms with Crippen LogP contribution in [0.3, 0.4) is 0 Å². The van der Waals surface area contributed by atoms with Crippen LogP contribution in [0.2, 0.25) is 0 Å². The van der Waals surface area contributed by atoms with Crippen LogP contribution in [0.5, 0.6) is 11.5 Å². The number of hydrogen-bond acceptors (Lipinski definition) is 3. The third-order valence-electron chi connectivity index (χ3n) is 4.90. The fourth-order valence-electron chi connectivity index (χ4n) is 3.20. The standard InChI is InChI=1S/C23H22N2O3/c1-17(23(26)24-15-20-7-8-21-22(14-20)28-16-27-21)25-11-9-19(10-12-25)13-18-5-3-2-4-6-18/h2-12,14,17H,13,15-16H2,1H3/p+1/t17-/m1/s1. The molecule has 5 nitrogen and oxygen atoms in total. The van der Waals surface area contributed by atoms with Crippen LogP contribution in [0.4, 0.5) is 0 Å². The Bertz CT molecular complexity index is 955. The van der Waals surface area contributed by atoms with Crippen molar-refractivity contribution in [3.63, 3.8) is 0 Å². The van der Waals surface area contributed by atoms with Gasteiger partial charge in [-0.1, -0.05) is 36.4 Å². The summed E-state index contributed by atoms with van der Waals surface area (Å²) in [6.07, 6.45) is 4.80. The van der Waals surface area contributed by atoms with Crippen LogP contribution >= 0.6 is 0 Å². The zero-order valence-electron chi connectivity index (χ0n) is 15.8. The molecule has 0 saturated heterocycles. The maximum absolute atomic E-state index is 12.5. The molecule has 1 amide bonds. The van der Waals surface area contributed by atoms with Gasteiger partial charge in [-0.2, -0.15) is 4.57 Å². The fraction of sp³-hybridized carbons (Fsp3) is 0.217. The van der Waals surface area contributed by atoms with Gasteiger partial charge in [0.1, 0.15) is 0 Å². The summed E-state index contributed by atoms with van der Waals surface area (Å²) in [7, 11) is 0. The number of aromatic nitrogens is 1. The van der Waals surface area contributed by atoms with Crippen molar-refractivity contribution in [2.24, 2.45) is 0 Å². The number of benzene rings is 2. The average molecular weight is 375 g/mol. The minimum absolute atomic E-state index is 0.0292. The number of pyridine rings is 1. The highest BCUT2D eigenvalue weighted by Gasteiger charge is 2.22. The predicted molar refractivity (Wildman–Crippen MR) is 105 cm³/mol. The molecule has 1 N–H and O–H groups in total. The first-order chi connectivity index (χ1) is 13.7. The lowest BCUT2D eigenvalue weighted by molar-refractivity contribution is -0.706. The summed E-state index contributed by atoms with van der Waals surface area (Å²) in [4.78, 5) is 12.5. The van der Waals surface area contributed by atoms with E-state index in [1.807, 2.05) is 60.3 Å². The van der Waals surface area contributed by atoms with Crippen LogP contribution in [-0.4, -0.2) is 12.7 Å². The number of carbonyl (C=O) groups excluding carboxylic acids is 1. The van der Waals surface area contributed by atoms with Crippen molar-refractivity contribution < 1.29 is 18.8 Å². The first-order valence-electron chi connectivity index (χ1n) is 9.39. The van der Waals surface area contributed by atoms with Gasteiger partial charge in [0.15, 0.2) is 23.9 Å². The maximum Gasteiger partial charge on any atom is 0.289 e. The molecule has 142 valence electrons. The van der Waals surface area contributed by atoms with Crippen LogP contribution in [0.1, 0.15) is 29.7 Å². The van der Waals surface area contributed by atoms with Crippen LogP contribution in [0, 0.1) is 0 Å². The summed E-state index contributed by atoms with van der Waals surface area (Å²) in [6.45, 7) is 2.59. The summed E-state index contributed by atoms with van der Waals surface area (Å²) in [5, 5.41) is 2.99. The van der Waals surface area contributed by atoms with E-state index in [9.17, 15) is 4.79 Å². The predicted octanol–water partition coefficient (Wildman–Crippen LogP) is 3.17. The van der Waals surface area contributed by atoms with Crippen molar-refractivity contribution >= 4 is 5.91 Å². The minimum atomic E-state index is -0.292. The van der Waals surface area contributed by atoms with E-state index in [1.165, 1.54) is 11.1 Å². The van der Waals surface area contributed by atoms with E-state index in [1.54, 1.807) is 0 Å². The van der Waals surface area contributed by atoms with Crippen molar-refractivity contribution in [3.8, 4) is 11.5 Å². The fourth-order valence-corrected chi connectivity index (χ4v) is 3.20. The zero-order chi connectivity index (χ0) is 19.3. The zero-order valence-corrected chi connectivity index (χ0v) is 15.8. The summed E-state index contributed by atoms with van der Waals surface area (Å²) >= 11 is 0. The molecule has 0 bridgehead atoms. The van der Waals surface area contributed by atoms with E-state index in [0.717, 1.165) is 23.5 Å². The molecule has 3 aromatic rings. The van der Waals surface area contributed by atoms with Gasteiger partial charge in [0.05, 0.1) is 0 Å². The number of amides is 1. The molecular weight excluding hydrogens is 352 g/mol. The summed E-state index contributed by atoms with van der Waals surface area (Å²) in [5.74, 6) is 1.44. The molecule has 0 fully saturated rings. The molecule has 0 radical (unpaired) electrons. The van der Waals surface area contributed by atoms with Gasteiger partial charge in [-0.15, -0.1) is 0 Å². The highest BCUT2D eigenvalue weighted by molar-refractivity contribution is 5.78. The maximum atomic E-state index is 12.5. The molecular formula is C23H23N2O3+. The Morgan fingerprint density at radius 2 is 1.68 bits per heavy atom. The van der Waals surface area contributed by atoms with Gasteiger partial charge >= 0.3 is 0 Å². The lowest BCUT2D eigenvalue weighted by Gasteiger charge is -2.10. The monoisotopic (exact) mass is 375 g/mol. The largest absolute Gasteiger partial charge is 0.454 e. The number of nitrogens with one attached hydrogen (secondary N) is 1. The van der Waals surface area contributed by atoms with Gasteiger partial charge in [0.25, 0.3) is 5.91 Å². The molecule has 1 aliphatic heterocycles. The summed E-state index contributed by atoms with van der Waals surface area (Å²) in [6, 6.07) is 19.9.